The second-order valence-electron chi connectivity index (χ2n) is 6.00. The van der Waals surface area contributed by atoms with Gasteiger partial charge in [-0.15, -0.1) is 10.2 Å². The number of guanidine groups is 1. The fourth-order valence-corrected chi connectivity index (χ4v) is 3.04. The first-order chi connectivity index (χ1) is 10.0. The van der Waals surface area contributed by atoms with Crippen LogP contribution in [0, 0.1) is 12.3 Å². The first-order valence-electron chi connectivity index (χ1n) is 7.85. The Labute approximate surface area is 127 Å². The molecule has 1 aromatic heterocycles. The number of nitrogens with one attached hydrogen (secondary N) is 1. The zero-order valence-electron chi connectivity index (χ0n) is 14.0. The van der Waals surface area contributed by atoms with Gasteiger partial charge in [0.25, 0.3) is 0 Å². The lowest BCUT2D eigenvalue weighted by Gasteiger charge is -2.27. The van der Waals surface area contributed by atoms with E-state index in [-0.39, 0.29) is 0 Å². The summed E-state index contributed by atoms with van der Waals surface area (Å²) >= 11 is 0. The molecule has 118 valence electrons. The lowest BCUT2D eigenvalue weighted by Crippen LogP contribution is -2.41. The van der Waals surface area contributed by atoms with Crippen molar-refractivity contribution in [3.05, 3.63) is 11.6 Å². The Morgan fingerprint density at radius 2 is 2.05 bits per heavy atom. The lowest BCUT2D eigenvalue weighted by molar-refractivity contribution is 0.276. The van der Waals surface area contributed by atoms with Crippen LogP contribution in [0.1, 0.15) is 44.8 Å². The first-order valence-corrected chi connectivity index (χ1v) is 7.85. The molecule has 21 heavy (non-hydrogen) atoms. The molecule has 0 bridgehead atoms. The number of hydrogen-bond acceptors (Lipinski definition) is 3. The van der Waals surface area contributed by atoms with E-state index in [0.717, 1.165) is 30.7 Å². The molecule has 6 nitrogen and oxygen atoms in total. The maximum atomic E-state index is 4.43. The standard InChI is InChI=1S/C15H28N6/c1-6-15(7-2)8-9-21(11-15)14(16-4)17-10-13-19-18-12(3)20(13)5/h6-11H2,1-5H3,(H,16,17). The summed E-state index contributed by atoms with van der Waals surface area (Å²) in [5, 5.41) is 11.7. The molecule has 0 aromatic carbocycles. The Kier molecular flexibility index (Phi) is 4.85. The zero-order valence-corrected chi connectivity index (χ0v) is 14.0. The monoisotopic (exact) mass is 292 g/mol. The Bertz CT molecular complexity index is 500. The van der Waals surface area contributed by atoms with Crippen LogP contribution in [-0.4, -0.2) is 45.8 Å². The van der Waals surface area contributed by atoms with E-state index < -0.39 is 0 Å². The van der Waals surface area contributed by atoms with Gasteiger partial charge >= 0.3 is 0 Å². The molecular formula is C15H28N6. The van der Waals surface area contributed by atoms with E-state index in [1.165, 1.54) is 19.3 Å². The smallest absolute Gasteiger partial charge is 0.194 e. The molecule has 0 aliphatic carbocycles. The molecule has 0 spiro atoms. The highest BCUT2D eigenvalue weighted by molar-refractivity contribution is 5.80. The number of aryl methyl sites for hydroxylation is 1. The van der Waals surface area contributed by atoms with Gasteiger partial charge in [-0.2, -0.15) is 0 Å². The van der Waals surface area contributed by atoms with Gasteiger partial charge in [0.15, 0.2) is 11.8 Å². The third kappa shape index (κ3) is 3.19. The fourth-order valence-electron chi connectivity index (χ4n) is 3.04. The quantitative estimate of drug-likeness (QED) is 0.678. The highest BCUT2D eigenvalue weighted by Crippen LogP contribution is 2.36. The molecule has 0 radical (unpaired) electrons. The topological polar surface area (TPSA) is 58.3 Å². The van der Waals surface area contributed by atoms with Crippen molar-refractivity contribution in [2.75, 3.05) is 20.1 Å². The van der Waals surface area contributed by atoms with Crippen molar-refractivity contribution >= 4 is 5.96 Å². The number of aliphatic imine (C=N–C) groups is 1. The van der Waals surface area contributed by atoms with E-state index in [1.54, 1.807) is 0 Å². The largest absolute Gasteiger partial charge is 0.349 e. The minimum absolute atomic E-state index is 0.457. The predicted molar refractivity (Wildman–Crippen MR) is 85.1 cm³/mol. The van der Waals surface area contributed by atoms with Crippen molar-refractivity contribution in [1.82, 2.24) is 25.0 Å². The van der Waals surface area contributed by atoms with Gasteiger partial charge in [-0.3, -0.25) is 4.99 Å². The Hall–Kier alpha value is -1.59. The van der Waals surface area contributed by atoms with Crippen LogP contribution >= 0.6 is 0 Å². The van der Waals surface area contributed by atoms with Crippen molar-refractivity contribution < 1.29 is 0 Å². The summed E-state index contributed by atoms with van der Waals surface area (Å²) < 4.78 is 2.01. The Morgan fingerprint density at radius 1 is 1.33 bits per heavy atom. The number of rotatable bonds is 4. The van der Waals surface area contributed by atoms with Crippen LogP contribution < -0.4 is 5.32 Å². The van der Waals surface area contributed by atoms with E-state index in [4.69, 9.17) is 0 Å². The van der Waals surface area contributed by atoms with Crippen molar-refractivity contribution in [3.8, 4) is 0 Å². The molecule has 6 heteroatoms. The van der Waals surface area contributed by atoms with E-state index in [9.17, 15) is 0 Å². The summed E-state index contributed by atoms with van der Waals surface area (Å²) in [5.41, 5.74) is 0.457. The highest BCUT2D eigenvalue weighted by Gasteiger charge is 2.36. The molecule has 2 heterocycles. The molecular weight excluding hydrogens is 264 g/mol. The van der Waals surface area contributed by atoms with E-state index >= 15 is 0 Å². The molecule has 0 amide bonds. The van der Waals surface area contributed by atoms with E-state index in [2.05, 4.69) is 39.3 Å². The molecule has 1 aromatic rings. The SMILES string of the molecule is CCC1(CC)CCN(C(=NC)NCc2nnc(C)n2C)C1. The Balaban J connectivity index is 1.97. The van der Waals surface area contributed by atoms with Crippen LogP contribution in [0.4, 0.5) is 0 Å². The summed E-state index contributed by atoms with van der Waals surface area (Å²) in [5.74, 6) is 2.84. The van der Waals surface area contributed by atoms with Crippen molar-refractivity contribution in [3.63, 3.8) is 0 Å². The molecule has 0 atom stereocenters. The van der Waals surface area contributed by atoms with Crippen LogP contribution in [0.3, 0.4) is 0 Å². The van der Waals surface area contributed by atoms with Gasteiger partial charge in [-0.05, 0) is 31.6 Å². The van der Waals surface area contributed by atoms with Crippen molar-refractivity contribution in [2.45, 2.75) is 46.6 Å². The molecule has 0 saturated carbocycles. The minimum Gasteiger partial charge on any atom is -0.349 e. The molecule has 0 unspecified atom stereocenters. The van der Waals surface area contributed by atoms with Crippen LogP contribution in [-0.2, 0) is 13.6 Å². The summed E-state index contributed by atoms with van der Waals surface area (Å²) in [6.45, 7) is 9.39. The molecule has 2 rings (SSSR count). The lowest BCUT2D eigenvalue weighted by atomic mass is 9.82. The van der Waals surface area contributed by atoms with Crippen LogP contribution in [0.2, 0.25) is 0 Å². The second-order valence-corrected chi connectivity index (χ2v) is 6.00. The van der Waals surface area contributed by atoms with Gasteiger partial charge in [0.2, 0.25) is 0 Å². The number of nitrogens with zero attached hydrogens (tertiary/aromatic N) is 5. The second kappa shape index (κ2) is 6.45. The Morgan fingerprint density at radius 3 is 2.52 bits per heavy atom. The number of aromatic nitrogens is 3. The van der Waals surface area contributed by atoms with Gasteiger partial charge in [0.1, 0.15) is 5.82 Å². The van der Waals surface area contributed by atoms with Gasteiger partial charge in [0, 0.05) is 27.2 Å². The average Bonchev–Trinajstić information content (AvgIpc) is 3.07. The zero-order chi connectivity index (χ0) is 15.5. The normalized spacial score (nSPS) is 18.3. The molecule has 1 saturated heterocycles. The van der Waals surface area contributed by atoms with Crippen molar-refractivity contribution in [2.24, 2.45) is 17.5 Å². The first kappa shape index (κ1) is 15.8. The fraction of sp³-hybridized carbons (Fsp3) is 0.800. The van der Waals surface area contributed by atoms with Crippen LogP contribution in [0.15, 0.2) is 4.99 Å². The molecule has 1 aliphatic heterocycles. The van der Waals surface area contributed by atoms with E-state index in [0.29, 0.717) is 12.0 Å². The van der Waals surface area contributed by atoms with Gasteiger partial charge in [-0.1, -0.05) is 13.8 Å². The molecule has 1 aliphatic rings. The van der Waals surface area contributed by atoms with Gasteiger partial charge in [0.05, 0.1) is 6.54 Å². The summed E-state index contributed by atoms with van der Waals surface area (Å²) in [7, 11) is 3.84. The van der Waals surface area contributed by atoms with E-state index in [1.807, 2.05) is 25.6 Å². The predicted octanol–water partition coefficient (Wildman–Crippen LogP) is 1.71. The third-order valence-corrected chi connectivity index (χ3v) is 5.04. The summed E-state index contributed by atoms with van der Waals surface area (Å²) in [6.07, 6.45) is 3.72. The maximum absolute atomic E-state index is 4.43. The molecule has 1 N–H and O–H groups in total. The summed E-state index contributed by atoms with van der Waals surface area (Å²) in [6, 6.07) is 0. The van der Waals surface area contributed by atoms with Gasteiger partial charge < -0.3 is 14.8 Å². The minimum atomic E-state index is 0.457. The van der Waals surface area contributed by atoms with Crippen molar-refractivity contribution in [1.29, 1.82) is 0 Å². The highest BCUT2D eigenvalue weighted by atomic mass is 15.3. The summed E-state index contributed by atoms with van der Waals surface area (Å²) in [4.78, 5) is 6.80. The van der Waals surface area contributed by atoms with Gasteiger partial charge in [-0.25, -0.2) is 0 Å². The molecule has 1 fully saturated rings. The van der Waals surface area contributed by atoms with Crippen LogP contribution in [0.25, 0.3) is 0 Å². The average molecular weight is 292 g/mol. The van der Waals surface area contributed by atoms with Crippen LogP contribution in [0.5, 0.6) is 0 Å². The number of likely N-dealkylation sites (tertiary alicyclic amines) is 1. The maximum Gasteiger partial charge on any atom is 0.194 e. The third-order valence-electron chi connectivity index (χ3n) is 5.04. The number of hydrogen-bond donors (Lipinski definition) is 1.